The summed E-state index contributed by atoms with van der Waals surface area (Å²) in [6.07, 6.45) is 0. The molecule has 3 aromatic heterocycles. The fourth-order valence-corrected chi connectivity index (χ4v) is 13.1. The number of benzene rings is 11. The van der Waals surface area contributed by atoms with Gasteiger partial charge < -0.3 is 4.42 Å². The largest absolute Gasteiger partial charge is 0.456 e. The molecule has 0 atom stereocenters. The molecule has 14 aromatic rings. The lowest BCUT2D eigenvalue weighted by atomic mass is 9.67. The minimum absolute atomic E-state index is 0.480. The molecule has 5 heteroatoms. The standard InChI is InChI=1S/C70H43N3OS/c1-4-18-44(19-5-1)45-36-38-46(39-37-45)67-71-68(73-69(72-67)57-31-15-29-54-53-26-11-13-35-63(53)75-66(54)57)56-30-17-34-62-65(56)58-43-48(40-41-61(58)74-62)47-20-14-21-49(42-47)52-28-16-33-60-64(52)55-27-10-12-32-59(55)70(60,50-22-6-2-7-23-50)51-24-8-3-9-25-51/h1-43H. The van der Waals surface area contributed by atoms with E-state index in [-0.39, 0.29) is 0 Å². The number of rotatable bonds is 8. The van der Waals surface area contributed by atoms with Crippen molar-refractivity contribution in [2.24, 2.45) is 0 Å². The van der Waals surface area contributed by atoms with Gasteiger partial charge in [0.1, 0.15) is 11.2 Å². The van der Waals surface area contributed by atoms with E-state index in [0.29, 0.717) is 17.5 Å². The fourth-order valence-electron chi connectivity index (χ4n) is 11.9. The molecule has 0 unspecified atom stereocenters. The zero-order valence-electron chi connectivity index (χ0n) is 40.5. The molecule has 0 N–H and O–H groups in total. The van der Waals surface area contributed by atoms with E-state index in [9.17, 15) is 0 Å². The topological polar surface area (TPSA) is 51.8 Å². The molecule has 0 bridgehead atoms. The second-order valence-electron chi connectivity index (χ2n) is 19.4. The summed E-state index contributed by atoms with van der Waals surface area (Å²) >= 11 is 1.78. The summed E-state index contributed by atoms with van der Waals surface area (Å²) in [6, 6.07) is 93.6. The van der Waals surface area contributed by atoms with Gasteiger partial charge in [0, 0.05) is 47.6 Å². The lowest BCUT2D eigenvalue weighted by molar-refractivity contribution is 0.669. The van der Waals surface area contributed by atoms with Gasteiger partial charge in [-0.15, -0.1) is 11.3 Å². The smallest absolute Gasteiger partial charge is 0.165 e. The Kier molecular flexibility index (Phi) is 9.94. The third-order valence-electron chi connectivity index (χ3n) is 15.3. The van der Waals surface area contributed by atoms with E-state index < -0.39 is 5.41 Å². The second kappa shape index (κ2) is 17.3. The van der Waals surface area contributed by atoms with E-state index in [1.165, 1.54) is 54.4 Å². The molecule has 11 aromatic carbocycles. The predicted octanol–water partition coefficient (Wildman–Crippen LogP) is 18.5. The highest BCUT2D eigenvalue weighted by atomic mass is 32.1. The van der Waals surface area contributed by atoms with Gasteiger partial charge in [-0.05, 0) is 103 Å². The van der Waals surface area contributed by atoms with Crippen molar-refractivity contribution in [3.8, 4) is 78.7 Å². The van der Waals surface area contributed by atoms with Gasteiger partial charge >= 0.3 is 0 Å². The summed E-state index contributed by atoms with van der Waals surface area (Å²) in [5.41, 5.74) is 18.3. The Morgan fingerprint density at radius 1 is 0.320 bits per heavy atom. The summed E-state index contributed by atoms with van der Waals surface area (Å²) in [4.78, 5) is 16.0. The zero-order valence-corrected chi connectivity index (χ0v) is 41.3. The summed E-state index contributed by atoms with van der Waals surface area (Å²) in [5.74, 6) is 1.82. The Bertz CT molecular complexity index is 4480. The average molecular weight is 974 g/mol. The average Bonchev–Trinajstić information content (AvgIpc) is 4.27. The van der Waals surface area contributed by atoms with Crippen molar-refractivity contribution in [3.05, 3.63) is 283 Å². The number of hydrogen-bond acceptors (Lipinski definition) is 5. The molecule has 75 heavy (non-hydrogen) atoms. The van der Waals surface area contributed by atoms with Gasteiger partial charge in [0.05, 0.1) is 5.41 Å². The van der Waals surface area contributed by atoms with Crippen LogP contribution in [-0.4, -0.2) is 15.0 Å². The van der Waals surface area contributed by atoms with Crippen molar-refractivity contribution < 1.29 is 4.42 Å². The van der Waals surface area contributed by atoms with E-state index in [2.05, 4.69) is 243 Å². The van der Waals surface area contributed by atoms with Crippen LogP contribution in [0.3, 0.4) is 0 Å². The zero-order chi connectivity index (χ0) is 49.5. The van der Waals surface area contributed by atoms with E-state index in [1.807, 2.05) is 18.2 Å². The lowest BCUT2D eigenvalue weighted by Gasteiger charge is -2.34. The van der Waals surface area contributed by atoms with Gasteiger partial charge in [-0.3, -0.25) is 0 Å². The van der Waals surface area contributed by atoms with E-state index in [1.54, 1.807) is 11.3 Å². The molecule has 350 valence electrons. The molecular formula is C70H43N3OS. The third kappa shape index (κ3) is 6.86. The molecule has 15 rings (SSSR count). The maximum Gasteiger partial charge on any atom is 0.165 e. The van der Waals surface area contributed by atoms with Crippen molar-refractivity contribution in [1.29, 1.82) is 0 Å². The maximum atomic E-state index is 6.68. The van der Waals surface area contributed by atoms with Crippen LogP contribution in [0.5, 0.6) is 0 Å². The number of hydrogen-bond donors (Lipinski definition) is 0. The van der Waals surface area contributed by atoms with Crippen LogP contribution in [-0.2, 0) is 5.41 Å². The number of furan rings is 1. The molecule has 0 amide bonds. The summed E-state index contributed by atoms with van der Waals surface area (Å²) in [7, 11) is 0. The summed E-state index contributed by atoms with van der Waals surface area (Å²) in [5, 5.41) is 4.38. The number of nitrogens with zero attached hydrogens (tertiary/aromatic N) is 3. The minimum atomic E-state index is -0.480. The monoisotopic (exact) mass is 973 g/mol. The van der Waals surface area contributed by atoms with Crippen molar-refractivity contribution in [2.45, 2.75) is 5.41 Å². The van der Waals surface area contributed by atoms with E-state index in [0.717, 1.165) is 71.1 Å². The molecule has 0 saturated heterocycles. The molecule has 1 aliphatic carbocycles. The van der Waals surface area contributed by atoms with E-state index >= 15 is 0 Å². The van der Waals surface area contributed by atoms with E-state index in [4.69, 9.17) is 19.4 Å². The second-order valence-corrected chi connectivity index (χ2v) is 20.4. The Labute approximate surface area is 437 Å². The highest BCUT2D eigenvalue weighted by molar-refractivity contribution is 7.26. The molecule has 0 aliphatic heterocycles. The Morgan fingerprint density at radius 3 is 1.67 bits per heavy atom. The highest BCUT2D eigenvalue weighted by Crippen LogP contribution is 2.58. The molecule has 3 heterocycles. The van der Waals surface area contributed by atoms with Gasteiger partial charge in [-0.25, -0.2) is 15.0 Å². The van der Waals surface area contributed by atoms with Crippen LogP contribution >= 0.6 is 11.3 Å². The quantitative estimate of drug-likeness (QED) is 0.152. The van der Waals surface area contributed by atoms with Gasteiger partial charge in [-0.1, -0.05) is 224 Å². The molecule has 1 aliphatic rings. The van der Waals surface area contributed by atoms with Crippen LogP contribution in [0.25, 0.3) is 121 Å². The molecule has 0 fully saturated rings. The Balaban J connectivity index is 0.881. The van der Waals surface area contributed by atoms with Crippen LogP contribution in [0, 0.1) is 0 Å². The highest BCUT2D eigenvalue weighted by Gasteiger charge is 2.46. The molecule has 4 nitrogen and oxygen atoms in total. The third-order valence-corrected chi connectivity index (χ3v) is 16.5. The predicted molar refractivity (Wildman–Crippen MR) is 310 cm³/mol. The normalized spacial score (nSPS) is 12.6. The first-order chi connectivity index (χ1) is 37.2. The van der Waals surface area contributed by atoms with Crippen LogP contribution in [0.2, 0.25) is 0 Å². The number of fused-ring (bicyclic) bond motifs is 9. The van der Waals surface area contributed by atoms with Crippen molar-refractivity contribution in [1.82, 2.24) is 15.0 Å². The maximum absolute atomic E-state index is 6.68. The molecule has 0 spiro atoms. The van der Waals surface area contributed by atoms with Crippen molar-refractivity contribution in [2.75, 3.05) is 0 Å². The molecule has 0 saturated carbocycles. The van der Waals surface area contributed by atoms with Crippen LogP contribution < -0.4 is 0 Å². The van der Waals surface area contributed by atoms with Crippen LogP contribution in [0.4, 0.5) is 0 Å². The van der Waals surface area contributed by atoms with Gasteiger partial charge in [0.25, 0.3) is 0 Å². The molecule has 0 radical (unpaired) electrons. The van der Waals surface area contributed by atoms with Crippen LogP contribution in [0.15, 0.2) is 265 Å². The van der Waals surface area contributed by atoms with Crippen molar-refractivity contribution >= 4 is 53.4 Å². The SMILES string of the molecule is c1ccc(-c2ccc(-c3nc(-c4cccc5c4sc4ccccc45)nc(-c4cccc5oc6ccc(-c7cccc(-c8cccc9c8-c8ccccc8C9(c8ccccc8)c8ccccc8)c7)cc6c45)n3)cc2)cc1. The van der Waals surface area contributed by atoms with Crippen molar-refractivity contribution in [3.63, 3.8) is 0 Å². The van der Waals surface area contributed by atoms with Crippen LogP contribution in [0.1, 0.15) is 22.3 Å². The van der Waals surface area contributed by atoms with Gasteiger partial charge in [-0.2, -0.15) is 0 Å². The number of thiophene rings is 1. The first-order valence-electron chi connectivity index (χ1n) is 25.4. The van der Waals surface area contributed by atoms with Gasteiger partial charge in [0.2, 0.25) is 0 Å². The molecular weight excluding hydrogens is 931 g/mol. The summed E-state index contributed by atoms with van der Waals surface area (Å²) < 4.78 is 9.06. The Hall–Kier alpha value is -9.55. The summed E-state index contributed by atoms with van der Waals surface area (Å²) in [6.45, 7) is 0. The first-order valence-corrected chi connectivity index (χ1v) is 26.2. The fraction of sp³-hybridized carbons (Fsp3) is 0.0143. The van der Waals surface area contributed by atoms with Gasteiger partial charge in [0.15, 0.2) is 17.5 Å². The first kappa shape index (κ1) is 43.1. The number of aromatic nitrogens is 3. The minimum Gasteiger partial charge on any atom is -0.456 e. The lowest BCUT2D eigenvalue weighted by Crippen LogP contribution is -2.28. The Morgan fingerprint density at radius 2 is 0.853 bits per heavy atom.